The fourth-order valence-corrected chi connectivity index (χ4v) is 2.12. The topological polar surface area (TPSA) is 88.2 Å². The number of hydrogen-bond acceptors (Lipinski definition) is 6. The maximum atomic E-state index is 9.24. The molecule has 3 rings (SSSR count). The van der Waals surface area contributed by atoms with Crippen molar-refractivity contribution >= 4 is 12.0 Å². The van der Waals surface area contributed by atoms with Crippen LogP contribution in [0.4, 0.5) is 5.82 Å². The van der Waals surface area contributed by atoms with E-state index in [1.54, 1.807) is 41.2 Å². The van der Waals surface area contributed by atoms with Gasteiger partial charge >= 0.3 is 0 Å². The summed E-state index contributed by atoms with van der Waals surface area (Å²) in [6.07, 6.45) is 3.11. The number of aromatic nitrogens is 4. The molecular weight excluding hydrogens is 292 g/mol. The zero-order chi connectivity index (χ0) is 16.2. The van der Waals surface area contributed by atoms with Crippen LogP contribution in [-0.4, -0.2) is 31.1 Å². The van der Waals surface area contributed by atoms with Gasteiger partial charge in [0.15, 0.2) is 11.6 Å². The molecule has 0 aliphatic carbocycles. The first-order valence-electron chi connectivity index (χ1n) is 7.05. The molecule has 2 aromatic heterocycles. The van der Waals surface area contributed by atoms with Crippen molar-refractivity contribution in [3.63, 3.8) is 0 Å². The number of rotatable bonds is 4. The first-order chi connectivity index (χ1) is 11.1. The van der Waals surface area contributed by atoms with Crippen molar-refractivity contribution in [1.82, 2.24) is 19.7 Å². The molecule has 23 heavy (non-hydrogen) atoms. The number of hydrogen-bond donors (Lipinski definition) is 2. The standard InChI is InChI=1S/C16H16N6O/c1-11-7-12(2)22(21-11)16-8-15(17-10-18-16)20-19-9-13-3-5-14(23)6-4-13/h3-10,23H,1-2H3,(H,17,18,20)/b19-9+. The molecule has 1 aromatic carbocycles. The molecule has 3 aromatic rings. The summed E-state index contributed by atoms with van der Waals surface area (Å²) in [5, 5.41) is 17.8. The Morgan fingerprint density at radius 2 is 1.91 bits per heavy atom. The van der Waals surface area contributed by atoms with E-state index in [1.165, 1.54) is 6.33 Å². The highest BCUT2D eigenvalue weighted by molar-refractivity contribution is 5.80. The second kappa shape index (κ2) is 6.27. The predicted molar refractivity (Wildman–Crippen MR) is 88.0 cm³/mol. The number of nitrogens with one attached hydrogen (secondary N) is 1. The molecule has 7 nitrogen and oxygen atoms in total. The highest BCUT2D eigenvalue weighted by Crippen LogP contribution is 2.12. The van der Waals surface area contributed by atoms with Crippen LogP contribution >= 0.6 is 0 Å². The minimum Gasteiger partial charge on any atom is -0.508 e. The molecule has 0 saturated heterocycles. The van der Waals surface area contributed by atoms with Crippen molar-refractivity contribution in [2.45, 2.75) is 13.8 Å². The summed E-state index contributed by atoms with van der Waals surface area (Å²) in [4.78, 5) is 8.36. The Hall–Kier alpha value is -3.22. The van der Waals surface area contributed by atoms with Crippen molar-refractivity contribution < 1.29 is 5.11 Å². The van der Waals surface area contributed by atoms with Gasteiger partial charge in [-0.1, -0.05) is 0 Å². The van der Waals surface area contributed by atoms with Crippen LogP contribution in [-0.2, 0) is 0 Å². The van der Waals surface area contributed by atoms with E-state index in [4.69, 9.17) is 0 Å². The molecule has 0 spiro atoms. The van der Waals surface area contributed by atoms with Gasteiger partial charge < -0.3 is 5.11 Å². The van der Waals surface area contributed by atoms with Gasteiger partial charge in [0.05, 0.1) is 11.9 Å². The average molecular weight is 308 g/mol. The fraction of sp³-hybridized carbons (Fsp3) is 0.125. The lowest BCUT2D eigenvalue weighted by molar-refractivity contribution is 0.475. The molecule has 0 aliphatic heterocycles. The Morgan fingerprint density at radius 1 is 1.13 bits per heavy atom. The van der Waals surface area contributed by atoms with Crippen LogP contribution in [0, 0.1) is 13.8 Å². The number of anilines is 1. The van der Waals surface area contributed by atoms with Gasteiger partial charge in [0.25, 0.3) is 0 Å². The number of phenols is 1. The first kappa shape index (κ1) is 14.7. The van der Waals surface area contributed by atoms with E-state index in [0.717, 1.165) is 17.0 Å². The quantitative estimate of drug-likeness (QED) is 0.571. The molecule has 0 bridgehead atoms. The van der Waals surface area contributed by atoms with E-state index in [1.807, 2.05) is 19.9 Å². The molecule has 0 radical (unpaired) electrons. The summed E-state index contributed by atoms with van der Waals surface area (Å²) in [5.41, 5.74) is 5.65. The second-order valence-corrected chi connectivity index (χ2v) is 5.06. The second-order valence-electron chi connectivity index (χ2n) is 5.06. The maximum absolute atomic E-state index is 9.24. The highest BCUT2D eigenvalue weighted by atomic mass is 16.3. The minimum atomic E-state index is 0.223. The van der Waals surface area contributed by atoms with Gasteiger partial charge in [0.2, 0.25) is 0 Å². The third kappa shape index (κ3) is 3.52. The van der Waals surface area contributed by atoms with Gasteiger partial charge in [-0.3, -0.25) is 5.43 Å². The van der Waals surface area contributed by atoms with E-state index in [9.17, 15) is 5.11 Å². The Kier molecular flexibility index (Phi) is 4.01. The Morgan fingerprint density at radius 3 is 2.61 bits per heavy atom. The molecule has 116 valence electrons. The molecule has 7 heteroatoms. The monoisotopic (exact) mass is 308 g/mol. The molecule has 0 atom stereocenters. The lowest BCUT2D eigenvalue weighted by Crippen LogP contribution is -2.04. The van der Waals surface area contributed by atoms with Crippen LogP contribution in [0.1, 0.15) is 17.0 Å². The normalized spacial score (nSPS) is 11.0. The fourth-order valence-electron chi connectivity index (χ4n) is 2.12. The van der Waals surface area contributed by atoms with E-state index in [-0.39, 0.29) is 5.75 Å². The number of hydrazone groups is 1. The van der Waals surface area contributed by atoms with Crippen LogP contribution in [0.25, 0.3) is 5.82 Å². The minimum absolute atomic E-state index is 0.223. The Bertz CT molecular complexity index is 838. The molecule has 0 unspecified atom stereocenters. The van der Waals surface area contributed by atoms with E-state index < -0.39 is 0 Å². The van der Waals surface area contributed by atoms with Crippen LogP contribution in [0.3, 0.4) is 0 Å². The van der Waals surface area contributed by atoms with Crippen molar-refractivity contribution in [3.05, 3.63) is 59.7 Å². The third-order valence-electron chi connectivity index (χ3n) is 3.17. The van der Waals surface area contributed by atoms with Crippen LogP contribution in [0.15, 0.2) is 47.8 Å². The van der Waals surface area contributed by atoms with Crippen LogP contribution in [0.5, 0.6) is 5.75 Å². The van der Waals surface area contributed by atoms with E-state index in [2.05, 4.69) is 25.6 Å². The smallest absolute Gasteiger partial charge is 0.159 e. The highest BCUT2D eigenvalue weighted by Gasteiger charge is 2.06. The van der Waals surface area contributed by atoms with Gasteiger partial charge in [-0.2, -0.15) is 10.2 Å². The molecule has 2 heterocycles. The van der Waals surface area contributed by atoms with E-state index >= 15 is 0 Å². The van der Waals surface area contributed by atoms with Crippen LogP contribution in [0.2, 0.25) is 0 Å². The summed E-state index contributed by atoms with van der Waals surface area (Å²) >= 11 is 0. The van der Waals surface area contributed by atoms with Crippen LogP contribution < -0.4 is 5.43 Å². The number of aromatic hydroxyl groups is 1. The first-order valence-corrected chi connectivity index (χ1v) is 7.05. The molecule has 0 saturated carbocycles. The number of benzene rings is 1. The Balaban J connectivity index is 1.75. The summed E-state index contributed by atoms with van der Waals surface area (Å²) < 4.78 is 1.76. The summed E-state index contributed by atoms with van der Waals surface area (Å²) in [5.74, 6) is 1.46. The average Bonchev–Trinajstić information content (AvgIpc) is 2.88. The van der Waals surface area contributed by atoms with Crippen molar-refractivity contribution in [2.24, 2.45) is 5.10 Å². The predicted octanol–water partition coefficient (Wildman–Crippen LogP) is 2.43. The lowest BCUT2D eigenvalue weighted by atomic mass is 10.2. The third-order valence-corrected chi connectivity index (χ3v) is 3.17. The number of nitrogens with zero attached hydrogens (tertiary/aromatic N) is 5. The van der Waals surface area contributed by atoms with Crippen molar-refractivity contribution in [2.75, 3.05) is 5.43 Å². The zero-order valence-electron chi connectivity index (χ0n) is 12.8. The molecular formula is C16H16N6O. The lowest BCUT2D eigenvalue weighted by Gasteiger charge is -2.04. The van der Waals surface area contributed by atoms with Crippen molar-refractivity contribution in [1.29, 1.82) is 0 Å². The number of aryl methyl sites for hydroxylation is 2. The van der Waals surface area contributed by atoms with Crippen molar-refractivity contribution in [3.8, 4) is 11.6 Å². The SMILES string of the molecule is Cc1cc(C)n(-c2cc(N/N=C/c3ccc(O)cc3)ncn2)n1. The van der Waals surface area contributed by atoms with Gasteiger partial charge in [-0.05, 0) is 49.7 Å². The molecule has 0 aliphatic rings. The zero-order valence-corrected chi connectivity index (χ0v) is 12.8. The van der Waals surface area contributed by atoms with Gasteiger partial charge in [-0.15, -0.1) is 0 Å². The van der Waals surface area contributed by atoms with E-state index in [0.29, 0.717) is 11.6 Å². The Labute approximate surface area is 133 Å². The molecule has 0 amide bonds. The largest absolute Gasteiger partial charge is 0.508 e. The van der Waals surface area contributed by atoms with Gasteiger partial charge in [0, 0.05) is 11.8 Å². The molecule has 2 N–H and O–H groups in total. The summed E-state index contributed by atoms with van der Waals surface area (Å²) in [7, 11) is 0. The van der Waals surface area contributed by atoms with Gasteiger partial charge in [-0.25, -0.2) is 14.6 Å². The molecule has 0 fully saturated rings. The summed E-state index contributed by atoms with van der Waals surface area (Å²) in [6.45, 7) is 3.91. The number of phenolic OH excluding ortho intramolecular Hbond substituents is 1. The summed E-state index contributed by atoms with van der Waals surface area (Å²) in [6, 6.07) is 10.5. The van der Waals surface area contributed by atoms with Gasteiger partial charge in [0.1, 0.15) is 12.1 Å². The maximum Gasteiger partial charge on any atom is 0.159 e.